The number of hydrogen-bond acceptors (Lipinski definition) is 7. The van der Waals surface area contributed by atoms with Gasteiger partial charge in [-0.1, -0.05) is 6.07 Å². The quantitative estimate of drug-likeness (QED) is 0.641. The number of nitrogens with zero attached hydrogens (tertiary/aromatic N) is 3. The third-order valence-corrected chi connectivity index (χ3v) is 3.60. The maximum atomic E-state index is 11.7. The zero-order valence-corrected chi connectivity index (χ0v) is 14.6. The van der Waals surface area contributed by atoms with Gasteiger partial charge in [0.05, 0.1) is 23.8 Å². The summed E-state index contributed by atoms with van der Waals surface area (Å²) >= 11 is 0. The van der Waals surface area contributed by atoms with Gasteiger partial charge in [0, 0.05) is 17.4 Å². The van der Waals surface area contributed by atoms with Gasteiger partial charge in [-0.3, -0.25) is 0 Å². The molecule has 0 radical (unpaired) electrons. The summed E-state index contributed by atoms with van der Waals surface area (Å²) in [6.45, 7) is 2.11. The molecule has 0 saturated carbocycles. The molecule has 2 aromatic carbocycles. The van der Waals surface area contributed by atoms with E-state index in [0.29, 0.717) is 29.4 Å². The van der Waals surface area contributed by atoms with Gasteiger partial charge in [0.1, 0.15) is 18.0 Å². The highest BCUT2D eigenvalue weighted by Crippen LogP contribution is 2.20. The molecule has 0 spiro atoms. The van der Waals surface area contributed by atoms with E-state index in [9.17, 15) is 4.79 Å². The van der Waals surface area contributed by atoms with Crippen molar-refractivity contribution in [3.05, 3.63) is 72.1 Å². The molecule has 0 bridgehead atoms. The van der Waals surface area contributed by atoms with Gasteiger partial charge in [0.25, 0.3) is 0 Å². The Morgan fingerprint density at radius 2 is 1.74 bits per heavy atom. The summed E-state index contributed by atoms with van der Waals surface area (Å²) < 4.78 is 4.97. The molecule has 0 saturated heterocycles. The Bertz CT molecular complexity index is 980. The van der Waals surface area contributed by atoms with Crippen LogP contribution in [0.15, 0.2) is 60.9 Å². The molecule has 134 valence electrons. The first-order valence-electron chi connectivity index (χ1n) is 8.31. The Kier molecular flexibility index (Phi) is 5.60. The van der Waals surface area contributed by atoms with Crippen molar-refractivity contribution in [2.45, 2.75) is 6.92 Å². The topological polar surface area (TPSA) is 99.9 Å². The van der Waals surface area contributed by atoms with Gasteiger partial charge in [0.15, 0.2) is 0 Å². The van der Waals surface area contributed by atoms with Crippen LogP contribution in [0.1, 0.15) is 22.8 Å². The predicted octanol–water partition coefficient (Wildman–Crippen LogP) is 4.01. The van der Waals surface area contributed by atoms with E-state index in [0.717, 1.165) is 11.4 Å². The van der Waals surface area contributed by atoms with Gasteiger partial charge < -0.3 is 15.4 Å². The van der Waals surface area contributed by atoms with E-state index in [1.165, 1.54) is 6.33 Å². The van der Waals surface area contributed by atoms with Crippen molar-refractivity contribution in [1.82, 2.24) is 9.97 Å². The Morgan fingerprint density at radius 3 is 2.41 bits per heavy atom. The number of nitrogens with one attached hydrogen (secondary N) is 2. The van der Waals surface area contributed by atoms with Gasteiger partial charge in [-0.2, -0.15) is 5.26 Å². The molecule has 0 aliphatic carbocycles. The molecule has 0 atom stereocenters. The molecule has 3 aromatic rings. The van der Waals surface area contributed by atoms with E-state index in [4.69, 9.17) is 10.00 Å². The van der Waals surface area contributed by atoms with E-state index >= 15 is 0 Å². The summed E-state index contributed by atoms with van der Waals surface area (Å²) in [4.78, 5) is 20.1. The van der Waals surface area contributed by atoms with Crippen molar-refractivity contribution in [2.24, 2.45) is 0 Å². The van der Waals surface area contributed by atoms with Crippen LogP contribution in [-0.2, 0) is 4.74 Å². The minimum Gasteiger partial charge on any atom is -0.462 e. The maximum Gasteiger partial charge on any atom is 0.338 e. The molecule has 0 unspecified atom stereocenters. The Hall–Kier alpha value is -3.92. The normalized spacial score (nSPS) is 9.93. The monoisotopic (exact) mass is 359 g/mol. The fourth-order valence-electron chi connectivity index (χ4n) is 2.36. The molecule has 0 amide bonds. The van der Waals surface area contributed by atoms with E-state index in [1.54, 1.807) is 55.5 Å². The number of nitriles is 1. The molecular weight excluding hydrogens is 342 g/mol. The lowest BCUT2D eigenvalue weighted by Gasteiger charge is -2.09. The van der Waals surface area contributed by atoms with Gasteiger partial charge in [-0.25, -0.2) is 14.8 Å². The first kappa shape index (κ1) is 17.9. The summed E-state index contributed by atoms with van der Waals surface area (Å²) in [6, 6.07) is 17.9. The van der Waals surface area contributed by atoms with Crippen molar-refractivity contribution in [1.29, 1.82) is 5.26 Å². The first-order valence-corrected chi connectivity index (χ1v) is 8.31. The third kappa shape index (κ3) is 4.80. The Labute approximate surface area is 156 Å². The molecule has 0 aliphatic rings. The van der Waals surface area contributed by atoms with Gasteiger partial charge in [-0.15, -0.1) is 0 Å². The predicted molar refractivity (Wildman–Crippen MR) is 102 cm³/mol. The van der Waals surface area contributed by atoms with Crippen LogP contribution in [0.3, 0.4) is 0 Å². The number of ether oxygens (including phenoxy) is 1. The number of benzene rings is 2. The molecule has 7 nitrogen and oxygen atoms in total. The molecule has 1 heterocycles. The fourth-order valence-corrected chi connectivity index (χ4v) is 2.36. The van der Waals surface area contributed by atoms with Crippen molar-refractivity contribution in [2.75, 3.05) is 17.2 Å². The number of carbonyl (C=O) groups is 1. The van der Waals surface area contributed by atoms with Crippen LogP contribution in [0.2, 0.25) is 0 Å². The average molecular weight is 359 g/mol. The zero-order chi connectivity index (χ0) is 19.1. The second kappa shape index (κ2) is 8.45. The van der Waals surface area contributed by atoms with Crippen LogP contribution in [0.4, 0.5) is 23.0 Å². The second-order valence-electron chi connectivity index (χ2n) is 5.53. The minimum absolute atomic E-state index is 0.340. The maximum absolute atomic E-state index is 11.7. The fraction of sp³-hybridized carbons (Fsp3) is 0.100. The minimum atomic E-state index is -0.350. The number of carbonyl (C=O) groups excluding carboxylic acids is 1. The van der Waals surface area contributed by atoms with Crippen LogP contribution in [-0.4, -0.2) is 22.5 Å². The van der Waals surface area contributed by atoms with Crippen molar-refractivity contribution in [3.8, 4) is 6.07 Å². The van der Waals surface area contributed by atoms with Crippen LogP contribution in [0.5, 0.6) is 0 Å². The smallest absolute Gasteiger partial charge is 0.338 e. The molecule has 2 N–H and O–H groups in total. The summed E-state index contributed by atoms with van der Waals surface area (Å²) in [5, 5.41) is 15.3. The van der Waals surface area contributed by atoms with Crippen LogP contribution < -0.4 is 10.6 Å². The lowest BCUT2D eigenvalue weighted by atomic mass is 10.2. The van der Waals surface area contributed by atoms with Crippen molar-refractivity contribution < 1.29 is 9.53 Å². The summed E-state index contributed by atoms with van der Waals surface area (Å²) in [5.41, 5.74) is 2.59. The summed E-state index contributed by atoms with van der Waals surface area (Å²) in [7, 11) is 0. The highest BCUT2D eigenvalue weighted by molar-refractivity contribution is 5.89. The molecule has 1 aromatic heterocycles. The molecular formula is C20H17N5O2. The Morgan fingerprint density at radius 1 is 1.04 bits per heavy atom. The number of rotatable bonds is 6. The molecule has 0 aliphatic heterocycles. The number of esters is 1. The number of anilines is 4. The average Bonchev–Trinajstić information content (AvgIpc) is 2.69. The molecule has 3 rings (SSSR count). The zero-order valence-electron chi connectivity index (χ0n) is 14.6. The van der Waals surface area contributed by atoms with Crippen molar-refractivity contribution >= 4 is 29.0 Å². The number of hydrogen-bond donors (Lipinski definition) is 2. The van der Waals surface area contributed by atoms with Crippen LogP contribution in [0.25, 0.3) is 0 Å². The van der Waals surface area contributed by atoms with E-state index in [1.807, 2.05) is 6.07 Å². The second-order valence-corrected chi connectivity index (χ2v) is 5.53. The van der Waals surface area contributed by atoms with Gasteiger partial charge in [0.2, 0.25) is 0 Å². The largest absolute Gasteiger partial charge is 0.462 e. The number of aromatic nitrogens is 2. The SMILES string of the molecule is CCOC(=O)c1ccc(Nc2cc(Nc3cccc(C#N)c3)ncn2)cc1. The lowest BCUT2D eigenvalue weighted by Crippen LogP contribution is -2.04. The van der Waals surface area contributed by atoms with Gasteiger partial charge in [-0.05, 0) is 49.4 Å². The molecule has 0 fully saturated rings. The van der Waals surface area contributed by atoms with E-state index in [2.05, 4.69) is 26.7 Å². The van der Waals surface area contributed by atoms with Crippen LogP contribution in [0, 0.1) is 11.3 Å². The lowest BCUT2D eigenvalue weighted by molar-refractivity contribution is 0.0526. The van der Waals surface area contributed by atoms with E-state index in [-0.39, 0.29) is 5.97 Å². The molecule has 27 heavy (non-hydrogen) atoms. The van der Waals surface area contributed by atoms with Crippen molar-refractivity contribution in [3.63, 3.8) is 0 Å². The Balaban J connectivity index is 1.70. The summed E-state index contributed by atoms with van der Waals surface area (Å²) in [6.07, 6.45) is 1.44. The summed E-state index contributed by atoms with van der Waals surface area (Å²) in [5.74, 6) is 0.829. The van der Waals surface area contributed by atoms with E-state index < -0.39 is 0 Å². The first-order chi connectivity index (χ1) is 13.2. The third-order valence-electron chi connectivity index (χ3n) is 3.60. The molecule has 7 heteroatoms. The van der Waals surface area contributed by atoms with Crippen LogP contribution >= 0.6 is 0 Å². The van der Waals surface area contributed by atoms with Gasteiger partial charge >= 0.3 is 5.97 Å². The highest BCUT2D eigenvalue weighted by Gasteiger charge is 2.06. The standard InChI is InChI=1S/C20H17N5O2/c1-2-27-20(26)15-6-8-16(9-7-15)24-18-11-19(23-13-22-18)25-17-5-3-4-14(10-17)12-21/h3-11,13H,2H2,1H3,(H2,22,23,24,25). The highest BCUT2D eigenvalue weighted by atomic mass is 16.5.